The second-order valence-corrected chi connectivity index (χ2v) is 3.42. The molecule has 0 aromatic rings. The molecule has 6 heteroatoms. The van der Waals surface area contributed by atoms with Gasteiger partial charge in [-0.25, -0.2) is 0 Å². The molecule has 1 N–H and O–H groups in total. The van der Waals surface area contributed by atoms with Gasteiger partial charge < -0.3 is 14.8 Å². The van der Waals surface area contributed by atoms with Crippen molar-refractivity contribution in [3.63, 3.8) is 0 Å². The second kappa shape index (κ2) is 3.59. The lowest BCUT2D eigenvalue weighted by Crippen LogP contribution is -2.55. The average Bonchev–Trinajstić information content (AvgIpc) is 2.49. The first-order chi connectivity index (χ1) is 6.52. The number of rotatable bonds is 2. The van der Waals surface area contributed by atoms with Crippen LogP contribution >= 0.6 is 0 Å². The summed E-state index contributed by atoms with van der Waals surface area (Å²) in [5.74, 6) is -0.464. The van der Waals surface area contributed by atoms with Gasteiger partial charge in [0.15, 0.2) is 0 Å². The first-order valence-corrected chi connectivity index (χ1v) is 4.25. The van der Waals surface area contributed by atoms with Gasteiger partial charge in [-0.15, -0.1) is 0 Å². The number of nitrogens with zero attached hydrogens (tertiary/aromatic N) is 2. The Balaban J connectivity index is 2.97. The summed E-state index contributed by atoms with van der Waals surface area (Å²) in [5.41, 5.74) is 5.43. The number of amides is 1. The largest absolute Gasteiger partial charge is 0.530 e. The number of likely N-dealkylation sites (tertiary alicyclic amines) is 1. The van der Waals surface area contributed by atoms with Crippen LogP contribution in [0.3, 0.4) is 0 Å². The molecule has 0 saturated carbocycles. The van der Waals surface area contributed by atoms with E-state index in [0.717, 1.165) is 11.1 Å². The maximum absolute atomic E-state index is 11.5. The van der Waals surface area contributed by atoms with Gasteiger partial charge in [0.1, 0.15) is 11.6 Å². The topological polar surface area (TPSA) is 98.4 Å². The van der Waals surface area contributed by atoms with Crippen LogP contribution in [-0.4, -0.2) is 39.9 Å². The summed E-state index contributed by atoms with van der Waals surface area (Å²) < 4.78 is 0. The van der Waals surface area contributed by atoms with Crippen LogP contribution in [0.25, 0.3) is 0 Å². The van der Waals surface area contributed by atoms with Crippen molar-refractivity contribution >= 4 is 18.1 Å². The van der Waals surface area contributed by atoms with Crippen molar-refractivity contribution in [2.45, 2.75) is 25.3 Å². The molecule has 6 nitrogen and oxygen atoms in total. The van der Waals surface area contributed by atoms with Crippen molar-refractivity contribution in [1.82, 2.24) is 4.90 Å². The zero-order valence-electron chi connectivity index (χ0n) is 7.82. The standard InChI is InChI=1S/C8H11N3O3/c1-8(6(12)5-10-9)3-2-4-11(8)7(13)14/h5,9H,2-4H2,1H3. The van der Waals surface area contributed by atoms with Crippen molar-refractivity contribution in [2.24, 2.45) is 0 Å². The quantitative estimate of drug-likeness (QED) is 0.351. The van der Waals surface area contributed by atoms with Gasteiger partial charge in [0.25, 0.3) is 5.78 Å². The number of Topliss-reactive ketones (excluding diaryl/α,β-unsaturated/α-hetero) is 1. The van der Waals surface area contributed by atoms with Gasteiger partial charge in [-0.2, -0.15) is 0 Å². The van der Waals surface area contributed by atoms with E-state index in [1.165, 1.54) is 6.92 Å². The third-order valence-corrected chi connectivity index (χ3v) is 2.57. The molecule has 1 saturated heterocycles. The van der Waals surface area contributed by atoms with Crippen molar-refractivity contribution in [3.05, 3.63) is 0 Å². The fourth-order valence-corrected chi connectivity index (χ4v) is 1.71. The summed E-state index contributed by atoms with van der Waals surface area (Å²) in [4.78, 5) is 26.0. The van der Waals surface area contributed by atoms with Crippen LogP contribution in [0.5, 0.6) is 0 Å². The van der Waals surface area contributed by atoms with Crippen LogP contribution in [0.1, 0.15) is 19.8 Å². The Kier molecular flexibility index (Phi) is 2.67. The highest BCUT2D eigenvalue weighted by Gasteiger charge is 2.44. The Morgan fingerprint density at radius 1 is 1.64 bits per heavy atom. The number of carbonyl (C=O) groups is 2. The molecule has 1 unspecified atom stereocenters. The van der Waals surface area contributed by atoms with E-state index in [0.29, 0.717) is 19.4 Å². The third kappa shape index (κ3) is 1.52. The molecule has 1 fully saturated rings. The first-order valence-electron chi connectivity index (χ1n) is 4.25. The van der Waals surface area contributed by atoms with E-state index in [9.17, 15) is 14.7 Å². The summed E-state index contributed by atoms with van der Waals surface area (Å²) in [6.07, 6.45) is 0.562. The second-order valence-electron chi connectivity index (χ2n) is 3.42. The fraction of sp³-hybridized carbons (Fsp3) is 0.625. The molecule has 1 rings (SSSR count). The molecule has 76 valence electrons. The van der Waals surface area contributed by atoms with E-state index in [4.69, 9.17) is 5.53 Å². The van der Waals surface area contributed by atoms with E-state index in [1.807, 2.05) is 0 Å². The van der Waals surface area contributed by atoms with Gasteiger partial charge in [-0.3, -0.25) is 4.79 Å². The van der Waals surface area contributed by atoms with Crippen molar-refractivity contribution in [2.75, 3.05) is 6.54 Å². The van der Waals surface area contributed by atoms with Crippen molar-refractivity contribution < 1.29 is 19.5 Å². The minimum atomic E-state index is -1.35. The van der Waals surface area contributed by atoms with Crippen LogP contribution in [-0.2, 0) is 4.79 Å². The SMILES string of the molecule is CC1(C(=O)C=[N+]=N)CCCN1C(=O)[O-]. The Hall–Kier alpha value is -1.68. The smallest absolute Gasteiger partial charge is 0.375 e. The number of carbonyl (C=O) groups excluding carboxylic acids is 2. The lowest BCUT2D eigenvalue weighted by Gasteiger charge is -2.33. The summed E-state index contributed by atoms with van der Waals surface area (Å²) in [7, 11) is 0. The molecule has 1 heterocycles. The molecule has 0 spiro atoms. The number of hydrogen-bond donors (Lipinski definition) is 1. The zero-order chi connectivity index (χ0) is 10.8. The Morgan fingerprint density at radius 3 is 2.79 bits per heavy atom. The van der Waals surface area contributed by atoms with Crippen LogP contribution in [0.4, 0.5) is 4.79 Å². The minimum Gasteiger partial charge on any atom is -0.530 e. The van der Waals surface area contributed by atoms with Gasteiger partial charge in [-0.1, -0.05) is 0 Å². The molecular weight excluding hydrogens is 186 g/mol. The maximum Gasteiger partial charge on any atom is 0.375 e. The van der Waals surface area contributed by atoms with Crippen LogP contribution < -0.4 is 5.11 Å². The molecule has 1 amide bonds. The number of nitrogens with one attached hydrogen (secondary N) is 1. The van der Waals surface area contributed by atoms with Gasteiger partial charge in [0.05, 0.1) is 10.3 Å². The van der Waals surface area contributed by atoms with Crippen LogP contribution in [0.2, 0.25) is 0 Å². The zero-order valence-corrected chi connectivity index (χ0v) is 7.82. The van der Waals surface area contributed by atoms with Gasteiger partial charge >= 0.3 is 6.21 Å². The van der Waals surface area contributed by atoms with Gasteiger partial charge in [-0.05, 0) is 19.8 Å². The molecule has 1 aliphatic rings. The molecule has 0 bridgehead atoms. The summed E-state index contributed by atoms with van der Waals surface area (Å²) >= 11 is 0. The van der Waals surface area contributed by atoms with Crippen molar-refractivity contribution in [1.29, 1.82) is 5.53 Å². The lowest BCUT2D eigenvalue weighted by atomic mass is 9.94. The average molecular weight is 197 g/mol. The highest BCUT2D eigenvalue weighted by Crippen LogP contribution is 2.28. The van der Waals surface area contributed by atoms with E-state index in [1.54, 1.807) is 0 Å². The molecular formula is C8H11N3O3. The first kappa shape index (κ1) is 10.4. The fourth-order valence-electron chi connectivity index (χ4n) is 1.71. The molecule has 0 aliphatic carbocycles. The van der Waals surface area contributed by atoms with E-state index in [-0.39, 0.29) is 0 Å². The highest BCUT2D eigenvalue weighted by molar-refractivity contribution is 6.29. The summed E-state index contributed by atoms with van der Waals surface area (Å²) in [5, 5.41) is 10.7. The third-order valence-electron chi connectivity index (χ3n) is 2.57. The normalized spacial score (nSPS) is 25.6. The molecule has 0 aromatic heterocycles. The summed E-state index contributed by atoms with van der Waals surface area (Å²) in [6, 6.07) is 0. The lowest BCUT2D eigenvalue weighted by molar-refractivity contribution is -0.268. The maximum atomic E-state index is 11.5. The van der Waals surface area contributed by atoms with E-state index < -0.39 is 17.4 Å². The predicted octanol–water partition coefficient (Wildman–Crippen LogP) is -0.937. The van der Waals surface area contributed by atoms with Gasteiger partial charge in [0.2, 0.25) is 0 Å². The number of carboxylic acid groups (broad SMARTS) is 1. The van der Waals surface area contributed by atoms with Crippen molar-refractivity contribution in [3.8, 4) is 0 Å². The molecule has 14 heavy (non-hydrogen) atoms. The van der Waals surface area contributed by atoms with Crippen LogP contribution in [0.15, 0.2) is 0 Å². The minimum absolute atomic E-state index is 0.302. The molecule has 1 aliphatic heterocycles. The predicted molar refractivity (Wildman–Crippen MR) is 43.8 cm³/mol. The Morgan fingerprint density at radius 2 is 2.29 bits per heavy atom. The molecule has 1 atom stereocenters. The monoisotopic (exact) mass is 197 g/mol. The van der Waals surface area contributed by atoms with Gasteiger partial charge in [0, 0.05) is 6.54 Å². The summed E-state index contributed by atoms with van der Waals surface area (Å²) in [6.45, 7) is 1.83. The number of hydrogen-bond acceptors (Lipinski definition) is 4. The Labute approximate surface area is 80.7 Å². The molecule has 0 radical (unpaired) electrons. The number of ketones is 1. The molecule has 0 aromatic carbocycles. The highest BCUT2D eigenvalue weighted by atomic mass is 16.4. The Bertz CT molecular complexity index is 322. The van der Waals surface area contributed by atoms with E-state index >= 15 is 0 Å². The van der Waals surface area contributed by atoms with Crippen LogP contribution in [0, 0.1) is 5.53 Å². The van der Waals surface area contributed by atoms with E-state index in [2.05, 4.69) is 4.79 Å².